The van der Waals surface area contributed by atoms with Gasteiger partial charge in [0.05, 0.1) is 0 Å². The van der Waals surface area contributed by atoms with Crippen LogP contribution >= 0.6 is 0 Å². The van der Waals surface area contributed by atoms with Crippen LogP contribution in [0, 0.1) is 6.92 Å². The lowest BCUT2D eigenvalue weighted by Gasteiger charge is -2.18. The van der Waals surface area contributed by atoms with Crippen LogP contribution in [-0.4, -0.2) is 24.4 Å². The van der Waals surface area contributed by atoms with E-state index in [1.54, 1.807) is 11.8 Å². The molecule has 1 aliphatic heterocycles. The molecule has 0 spiro atoms. The largest absolute Gasteiger partial charge is 0.374 e. The minimum atomic E-state index is -0.344. The summed E-state index contributed by atoms with van der Waals surface area (Å²) in [6.07, 6.45) is 0.846. The van der Waals surface area contributed by atoms with E-state index in [9.17, 15) is 9.59 Å². The summed E-state index contributed by atoms with van der Waals surface area (Å²) in [5.41, 5.74) is 5.29. The lowest BCUT2D eigenvalue weighted by atomic mass is 10.1. The molecule has 2 aromatic carbocycles. The van der Waals surface area contributed by atoms with Crippen LogP contribution in [-0.2, 0) is 22.6 Å². The van der Waals surface area contributed by atoms with E-state index in [1.807, 2.05) is 56.3 Å². The Hall–Kier alpha value is -2.82. The fourth-order valence-corrected chi connectivity index (χ4v) is 3.18. The Kier molecular flexibility index (Phi) is 5.26. The Morgan fingerprint density at radius 1 is 1.15 bits per heavy atom. The summed E-state index contributed by atoms with van der Waals surface area (Å²) in [5.74, 6) is 0.0183. The standard InChI is InChI=1S/C21H25N3O2/c1-14-4-6-17(7-5-14)13-22-21(26)15(2)23-19-8-9-20-18(12-19)10-11-24(20)16(3)25/h4-9,12,15,23H,10-11,13H2,1-3H3,(H,22,26). The summed E-state index contributed by atoms with van der Waals surface area (Å²) in [6.45, 7) is 6.71. The molecule has 1 heterocycles. The number of benzene rings is 2. The predicted octanol–water partition coefficient (Wildman–Crippen LogP) is 3.02. The number of nitrogens with one attached hydrogen (secondary N) is 2. The molecule has 0 saturated heterocycles. The first kappa shape index (κ1) is 18.0. The number of aryl methyl sites for hydroxylation is 1. The van der Waals surface area contributed by atoms with E-state index in [-0.39, 0.29) is 17.9 Å². The number of anilines is 2. The Bertz CT molecular complexity index is 815. The number of carbonyl (C=O) groups is 2. The van der Waals surface area contributed by atoms with Gasteiger partial charge in [0.2, 0.25) is 11.8 Å². The molecule has 2 N–H and O–H groups in total. The lowest BCUT2D eigenvalue weighted by Crippen LogP contribution is -2.37. The number of rotatable bonds is 5. The minimum Gasteiger partial charge on any atom is -0.374 e. The fourth-order valence-electron chi connectivity index (χ4n) is 3.18. The van der Waals surface area contributed by atoms with Crippen molar-refractivity contribution in [2.45, 2.75) is 39.8 Å². The number of carbonyl (C=O) groups excluding carboxylic acids is 2. The summed E-state index contributed by atoms with van der Waals surface area (Å²) in [5, 5.41) is 6.20. The van der Waals surface area contributed by atoms with Crippen LogP contribution < -0.4 is 15.5 Å². The van der Waals surface area contributed by atoms with Gasteiger partial charge in [-0.1, -0.05) is 29.8 Å². The number of hydrogen-bond acceptors (Lipinski definition) is 3. The van der Waals surface area contributed by atoms with Crippen LogP contribution in [0.3, 0.4) is 0 Å². The molecule has 0 saturated carbocycles. The van der Waals surface area contributed by atoms with Crippen molar-refractivity contribution in [2.24, 2.45) is 0 Å². The second-order valence-corrected chi connectivity index (χ2v) is 6.83. The van der Waals surface area contributed by atoms with Gasteiger partial charge in [-0.05, 0) is 49.6 Å². The lowest BCUT2D eigenvalue weighted by molar-refractivity contribution is -0.121. The van der Waals surface area contributed by atoms with E-state index in [2.05, 4.69) is 10.6 Å². The molecule has 2 aromatic rings. The second kappa shape index (κ2) is 7.60. The Balaban J connectivity index is 1.57. The zero-order valence-corrected chi connectivity index (χ0v) is 15.5. The SMILES string of the molecule is CC(=O)N1CCc2cc(NC(C)C(=O)NCc3ccc(C)cc3)ccc21. The van der Waals surface area contributed by atoms with E-state index in [4.69, 9.17) is 0 Å². The zero-order chi connectivity index (χ0) is 18.7. The fraction of sp³-hybridized carbons (Fsp3) is 0.333. The van der Waals surface area contributed by atoms with Crippen molar-refractivity contribution in [1.82, 2.24) is 5.32 Å². The van der Waals surface area contributed by atoms with E-state index in [1.165, 1.54) is 5.56 Å². The second-order valence-electron chi connectivity index (χ2n) is 6.83. The first-order valence-electron chi connectivity index (χ1n) is 8.95. The van der Waals surface area contributed by atoms with E-state index >= 15 is 0 Å². The monoisotopic (exact) mass is 351 g/mol. The Labute approximate surface area is 154 Å². The van der Waals surface area contributed by atoms with Crippen molar-refractivity contribution in [3.8, 4) is 0 Å². The summed E-state index contributed by atoms with van der Waals surface area (Å²) < 4.78 is 0. The molecule has 136 valence electrons. The van der Waals surface area contributed by atoms with Gasteiger partial charge in [0.15, 0.2) is 0 Å². The van der Waals surface area contributed by atoms with Crippen LogP contribution in [0.25, 0.3) is 0 Å². The molecule has 0 radical (unpaired) electrons. The molecule has 1 atom stereocenters. The van der Waals surface area contributed by atoms with E-state index in [0.29, 0.717) is 6.54 Å². The molecular formula is C21H25N3O2. The van der Waals surface area contributed by atoms with Crippen molar-refractivity contribution >= 4 is 23.2 Å². The first-order chi connectivity index (χ1) is 12.4. The molecule has 5 nitrogen and oxygen atoms in total. The smallest absolute Gasteiger partial charge is 0.242 e. The Morgan fingerprint density at radius 2 is 1.88 bits per heavy atom. The van der Waals surface area contributed by atoms with Crippen LogP contribution in [0.1, 0.15) is 30.5 Å². The molecule has 26 heavy (non-hydrogen) atoms. The number of fused-ring (bicyclic) bond motifs is 1. The van der Waals surface area contributed by atoms with Crippen molar-refractivity contribution in [3.05, 3.63) is 59.2 Å². The van der Waals surface area contributed by atoms with Crippen molar-refractivity contribution in [2.75, 3.05) is 16.8 Å². The number of hydrogen-bond donors (Lipinski definition) is 2. The molecule has 3 rings (SSSR count). The van der Waals surface area contributed by atoms with Crippen molar-refractivity contribution < 1.29 is 9.59 Å². The molecule has 1 aliphatic rings. The molecule has 0 aromatic heterocycles. The highest BCUT2D eigenvalue weighted by Crippen LogP contribution is 2.30. The first-order valence-corrected chi connectivity index (χ1v) is 8.95. The van der Waals surface area contributed by atoms with Crippen LogP contribution in [0.5, 0.6) is 0 Å². The topological polar surface area (TPSA) is 61.4 Å². The highest BCUT2D eigenvalue weighted by atomic mass is 16.2. The molecule has 0 fully saturated rings. The third-order valence-electron chi connectivity index (χ3n) is 4.72. The summed E-state index contributed by atoms with van der Waals surface area (Å²) in [6, 6.07) is 13.7. The predicted molar refractivity (Wildman–Crippen MR) is 104 cm³/mol. The van der Waals surface area contributed by atoms with E-state index in [0.717, 1.165) is 35.5 Å². The van der Waals surface area contributed by atoms with Gasteiger partial charge in [-0.15, -0.1) is 0 Å². The molecular weight excluding hydrogens is 326 g/mol. The van der Waals surface area contributed by atoms with Crippen molar-refractivity contribution in [3.63, 3.8) is 0 Å². The molecule has 5 heteroatoms. The van der Waals surface area contributed by atoms with Gasteiger partial charge in [-0.2, -0.15) is 0 Å². The third-order valence-corrected chi connectivity index (χ3v) is 4.72. The van der Waals surface area contributed by atoms with Gasteiger partial charge < -0.3 is 15.5 Å². The van der Waals surface area contributed by atoms with Crippen molar-refractivity contribution in [1.29, 1.82) is 0 Å². The maximum absolute atomic E-state index is 12.3. The molecule has 2 amide bonds. The molecule has 1 unspecified atom stereocenters. The molecule has 0 bridgehead atoms. The number of amides is 2. The quantitative estimate of drug-likeness (QED) is 0.870. The van der Waals surface area contributed by atoms with Crippen LogP contribution in [0.2, 0.25) is 0 Å². The van der Waals surface area contributed by atoms with Gasteiger partial charge >= 0.3 is 0 Å². The van der Waals surface area contributed by atoms with Gasteiger partial charge in [-0.3, -0.25) is 9.59 Å². The highest BCUT2D eigenvalue weighted by Gasteiger charge is 2.22. The minimum absolute atomic E-state index is 0.0450. The van der Waals surface area contributed by atoms with Crippen LogP contribution in [0.4, 0.5) is 11.4 Å². The van der Waals surface area contributed by atoms with Gasteiger partial charge in [0.25, 0.3) is 0 Å². The summed E-state index contributed by atoms with van der Waals surface area (Å²) in [7, 11) is 0. The highest BCUT2D eigenvalue weighted by molar-refractivity contribution is 5.94. The molecule has 0 aliphatic carbocycles. The van der Waals surface area contributed by atoms with Gasteiger partial charge in [-0.25, -0.2) is 0 Å². The zero-order valence-electron chi connectivity index (χ0n) is 15.5. The van der Waals surface area contributed by atoms with Crippen LogP contribution in [0.15, 0.2) is 42.5 Å². The van der Waals surface area contributed by atoms with Gasteiger partial charge in [0.1, 0.15) is 6.04 Å². The summed E-state index contributed by atoms with van der Waals surface area (Å²) >= 11 is 0. The maximum atomic E-state index is 12.3. The number of nitrogens with zero attached hydrogens (tertiary/aromatic N) is 1. The van der Waals surface area contributed by atoms with Gasteiger partial charge in [0, 0.05) is 31.4 Å². The average molecular weight is 351 g/mol. The third kappa shape index (κ3) is 4.04. The summed E-state index contributed by atoms with van der Waals surface area (Å²) in [4.78, 5) is 25.8. The maximum Gasteiger partial charge on any atom is 0.242 e. The average Bonchev–Trinajstić information content (AvgIpc) is 3.04. The Morgan fingerprint density at radius 3 is 2.58 bits per heavy atom. The normalized spacial score (nSPS) is 13.9. The van der Waals surface area contributed by atoms with E-state index < -0.39 is 0 Å².